The summed E-state index contributed by atoms with van der Waals surface area (Å²) in [5, 5.41) is 9.98. The molecule has 0 fully saturated rings. The van der Waals surface area contributed by atoms with Crippen LogP contribution >= 0.6 is 0 Å². The zero-order valence-corrected chi connectivity index (χ0v) is 12.4. The number of fused-ring (bicyclic) bond motifs is 1. The van der Waals surface area contributed by atoms with Crippen molar-refractivity contribution >= 4 is 5.91 Å². The first-order valence-electron chi connectivity index (χ1n) is 6.71. The molecule has 21 heavy (non-hydrogen) atoms. The fourth-order valence-electron chi connectivity index (χ4n) is 2.45. The third-order valence-corrected chi connectivity index (χ3v) is 3.70. The van der Waals surface area contributed by atoms with Crippen LogP contribution in [0.15, 0.2) is 12.1 Å². The molecular formula is C15H18F3NO2. The Hall–Kier alpha value is -1.56. The Kier molecular flexibility index (Phi) is 3.56. The van der Waals surface area contributed by atoms with Crippen molar-refractivity contribution in [2.45, 2.75) is 52.1 Å². The molecule has 1 N–H and O–H groups in total. The Bertz CT molecular complexity index is 586. The van der Waals surface area contributed by atoms with E-state index in [-0.39, 0.29) is 29.3 Å². The number of aliphatic hydroxyl groups is 1. The predicted molar refractivity (Wildman–Crippen MR) is 71.7 cm³/mol. The summed E-state index contributed by atoms with van der Waals surface area (Å²) >= 11 is 0. The molecule has 0 atom stereocenters. The van der Waals surface area contributed by atoms with E-state index in [1.165, 1.54) is 24.8 Å². The Morgan fingerprint density at radius 1 is 1.24 bits per heavy atom. The van der Waals surface area contributed by atoms with Gasteiger partial charge in [0.1, 0.15) is 0 Å². The van der Waals surface area contributed by atoms with Crippen molar-refractivity contribution in [2.24, 2.45) is 0 Å². The van der Waals surface area contributed by atoms with Crippen molar-refractivity contribution in [1.82, 2.24) is 4.90 Å². The highest BCUT2D eigenvalue weighted by Gasteiger charge is 2.41. The van der Waals surface area contributed by atoms with Crippen LogP contribution < -0.4 is 0 Å². The van der Waals surface area contributed by atoms with E-state index in [2.05, 4.69) is 0 Å². The van der Waals surface area contributed by atoms with Crippen LogP contribution in [0, 0.1) is 0 Å². The molecule has 1 amide bonds. The Labute approximate surface area is 121 Å². The van der Waals surface area contributed by atoms with Gasteiger partial charge in [-0.05, 0) is 51.0 Å². The van der Waals surface area contributed by atoms with Crippen LogP contribution in [-0.2, 0) is 18.3 Å². The maximum atomic E-state index is 13.3. The first-order valence-corrected chi connectivity index (χ1v) is 6.71. The van der Waals surface area contributed by atoms with Gasteiger partial charge in [0.15, 0.2) is 0 Å². The van der Waals surface area contributed by atoms with Crippen molar-refractivity contribution in [2.75, 3.05) is 0 Å². The smallest absolute Gasteiger partial charge is 0.386 e. The van der Waals surface area contributed by atoms with Gasteiger partial charge in [-0.3, -0.25) is 4.79 Å². The van der Waals surface area contributed by atoms with E-state index in [0.717, 1.165) is 6.07 Å². The minimum atomic E-state index is -4.56. The van der Waals surface area contributed by atoms with Crippen molar-refractivity contribution in [3.05, 3.63) is 34.4 Å². The zero-order chi connectivity index (χ0) is 16.2. The van der Waals surface area contributed by atoms with Crippen LogP contribution in [0.1, 0.15) is 54.7 Å². The molecule has 0 saturated carbocycles. The van der Waals surface area contributed by atoms with Gasteiger partial charge < -0.3 is 10.0 Å². The number of carbonyl (C=O) groups excluding carboxylic acids is 1. The number of alkyl halides is 3. The minimum Gasteiger partial charge on any atom is -0.386 e. The topological polar surface area (TPSA) is 40.5 Å². The first-order chi connectivity index (χ1) is 9.43. The van der Waals surface area contributed by atoms with E-state index in [1.807, 2.05) is 0 Å². The molecule has 0 unspecified atom stereocenters. The molecule has 1 aliphatic heterocycles. The van der Waals surface area contributed by atoms with E-state index in [4.69, 9.17) is 0 Å². The van der Waals surface area contributed by atoms with Gasteiger partial charge in [-0.2, -0.15) is 13.2 Å². The molecule has 1 aliphatic rings. The van der Waals surface area contributed by atoms with Crippen LogP contribution in [0.5, 0.6) is 0 Å². The normalized spacial score (nSPS) is 15.9. The number of hydrogen-bond donors (Lipinski definition) is 1. The van der Waals surface area contributed by atoms with E-state index in [1.54, 1.807) is 13.8 Å². The van der Waals surface area contributed by atoms with Gasteiger partial charge in [0.05, 0.1) is 11.2 Å². The lowest BCUT2D eigenvalue weighted by Gasteiger charge is -2.21. The monoisotopic (exact) mass is 301 g/mol. The summed E-state index contributed by atoms with van der Waals surface area (Å²) < 4.78 is 39.8. The number of hydrogen-bond acceptors (Lipinski definition) is 2. The summed E-state index contributed by atoms with van der Waals surface area (Å²) in [6, 6.07) is 2.13. The number of halogens is 3. The molecule has 1 heterocycles. The lowest BCUT2D eigenvalue weighted by atomic mass is 9.91. The molecule has 0 spiro atoms. The van der Waals surface area contributed by atoms with Gasteiger partial charge in [-0.25, -0.2) is 0 Å². The summed E-state index contributed by atoms with van der Waals surface area (Å²) in [7, 11) is 0. The summed E-state index contributed by atoms with van der Waals surface area (Å²) in [5.41, 5.74) is -2.16. The second-order valence-electron chi connectivity index (χ2n) is 6.13. The van der Waals surface area contributed by atoms with Gasteiger partial charge in [-0.15, -0.1) is 0 Å². The molecular weight excluding hydrogens is 283 g/mol. The Balaban J connectivity index is 2.68. The highest BCUT2D eigenvalue weighted by molar-refractivity contribution is 5.99. The first kappa shape index (κ1) is 15.8. The van der Waals surface area contributed by atoms with Crippen LogP contribution in [0.3, 0.4) is 0 Å². The minimum absolute atomic E-state index is 0.00537. The quantitative estimate of drug-likeness (QED) is 0.910. The molecule has 0 radical (unpaired) electrons. The fourth-order valence-corrected chi connectivity index (χ4v) is 2.45. The largest absolute Gasteiger partial charge is 0.416 e. The Morgan fingerprint density at radius 3 is 2.24 bits per heavy atom. The van der Waals surface area contributed by atoms with Crippen molar-refractivity contribution in [3.8, 4) is 0 Å². The summed E-state index contributed by atoms with van der Waals surface area (Å²) in [6.07, 6.45) is -4.56. The Morgan fingerprint density at radius 2 is 1.81 bits per heavy atom. The van der Waals surface area contributed by atoms with Crippen molar-refractivity contribution in [3.63, 3.8) is 0 Å². The third kappa shape index (κ3) is 2.77. The van der Waals surface area contributed by atoms with Crippen LogP contribution in [-0.4, -0.2) is 22.0 Å². The number of nitrogens with zero attached hydrogens (tertiary/aromatic N) is 1. The molecule has 116 valence electrons. The summed E-state index contributed by atoms with van der Waals surface area (Å²) in [4.78, 5) is 13.7. The second kappa shape index (κ2) is 4.73. The molecule has 1 aromatic carbocycles. The molecule has 0 saturated heterocycles. The van der Waals surface area contributed by atoms with Gasteiger partial charge in [0, 0.05) is 18.2 Å². The summed E-state index contributed by atoms with van der Waals surface area (Å²) in [6.45, 7) is 6.26. The van der Waals surface area contributed by atoms with Crippen molar-refractivity contribution < 1.29 is 23.1 Å². The van der Waals surface area contributed by atoms with E-state index in [9.17, 15) is 23.1 Å². The standard InChI is InChI=1S/C15H18F3NO2/c1-8(2)19-7-11-10(13(19)20)5-9(14(3,4)21)6-12(11)15(16,17)18/h5-6,8,21H,7H2,1-4H3. The number of carbonyl (C=O) groups is 1. The molecule has 3 nitrogen and oxygen atoms in total. The highest BCUT2D eigenvalue weighted by atomic mass is 19.4. The number of amides is 1. The molecule has 0 bridgehead atoms. The molecule has 1 aromatic rings. The molecule has 0 aliphatic carbocycles. The SMILES string of the molecule is CC(C)N1Cc2c(cc(C(C)(C)O)cc2C(F)(F)F)C1=O. The maximum Gasteiger partial charge on any atom is 0.416 e. The summed E-state index contributed by atoms with van der Waals surface area (Å²) in [5.74, 6) is -0.420. The molecule has 2 rings (SSSR count). The van der Waals surface area contributed by atoms with Gasteiger partial charge in [0.25, 0.3) is 5.91 Å². The predicted octanol–water partition coefficient (Wildman–Crippen LogP) is 3.30. The van der Waals surface area contributed by atoms with Gasteiger partial charge >= 0.3 is 6.18 Å². The average Bonchev–Trinajstić information content (AvgIpc) is 2.63. The molecule has 0 aromatic heterocycles. The van der Waals surface area contributed by atoms with Gasteiger partial charge in [-0.1, -0.05) is 0 Å². The average molecular weight is 301 g/mol. The van der Waals surface area contributed by atoms with E-state index in [0.29, 0.717) is 0 Å². The van der Waals surface area contributed by atoms with Crippen LogP contribution in [0.2, 0.25) is 0 Å². The maximum absolute atomic E-state index is 13.3. The van der Waals surface area contributed by atoms with Crippen LogP contribution in [0.25, 0.3) is 0 Å². The zero-order valence-electron chi connectivity index (χ0n) is 12.4. The van der Waals surface area contributed by atoms with Gasteiger partial charge in [0.2, 0.25) is 0 Å². The van der Waals surface area contributed by atoms with E-state index < -0.39 is 23.2 Å². The number of benzene rings is 1. The number of rotatable bonds is 2. The van der Waals surface area contributed by atoms with Crippen molar-refractivity contribution in [1.29, 1.82) is 0 Å². The van der Waals surface area contributed by atoms with E-state index >= 15 is 0 Å². The third-order valence-electron chi connectivity index (χ3n) is 3.70. The lowest BCUT2D eigenvalue weighted by Crippen LogP contribution is -2.30. The second-order valence-corrected chi connectivity index (χ2v) is 6.13. The fraction of sp³-hybridized carbons (Fsp3) is 0.533. The highest BCUT2D eigenvalue weighted by Crippen LogP contribution is 2.40. The molecule has 6 heteroatoms. The van der Waals surface area contributed by atoms with Crippen LogP contribution in [0.4, 0.5) is 13.2 Å². The lowest BCUT2D eigenvalue weighted by molar-refractivity contribution is -0.138.